The van der Waals surface area contributed by atoms with Gasteiger partial charge in [-0.1, -0.05) is 0 Å². The molecule has 0 aliphatic carbocycles. The molecule has 0 aromatic heterocycles. The molecule has 2 aliphatic rings. The number of nitrogens with zero attached hydrogens (tertiary/aromatic N) is 2. The van der Waals surface area contributed by atoms with Crippen LogP contribution in [-0.2, 0) is 26.2 Å². The van der Waals surface area contributed by atoms with Gasteiger partial charge in [-0.2, -0.15) is 8.42 Å². The van der Waals surface area contributed by atoms with E-state index in [1.807, 2.05) is 0 Å². The Morgan fingerprint density at radius 3 is 2.68 bits per heavy atom. The molecule has 1 aromatic carbocycles. The fourth-order valence-corrected chi connectivity index (χ4v) is 3.66. The monoisotopic (exact) mass is 326 g/mol. The van der Waals surface area contributed by atoms with Gasteiger partial charge in [0.15, 0.2) is 0 Å². The van der Waals surface area contributed by atoms with Crippen LogP contribution in [-0.4, -0.2) is 38.6 Å². The summed E-state index contributed by atoms with van der Waals surface area (Å²) in [7, 11) is -4.72. The van der Waals surface area contributed by atoms with Crippen LogP contribution in [0.5, 0.6) is 0 Å². The molecule has 3 rings (SSSR count). The molecule has 8 heteroatoms. The van der Waals surface area contributed by atoms with E-state index in [2.05, 4.69) is 0 Å². The molecule has 2 heterocycles. The number of rotatable bonds is 2. The Kier molecular flexibility index (Phi) is 3.43. The maximum Gasteiger partial charge on any atom is 0.307 e. The van der Waals surface area contributed by atoms with E-state index in [4.69, 9.17) is 0 Å². The van der Waals surface area contributed by atoms with E-state index in [1.165, 1.54) is 11.8 Å². The predicted molar refractivity (Wildman–Crippen MR) is 79.0 cm³/mol. The van der Waals surface area contributed by atoms with Gasteiger partial charge in [-0.05, 0) is 30.2 Å². The molecule has 0 saturated carbocycles. The second-order valence-corrected chi connectivity index (χ2v) is 7.16. The van der Waals surface area contributed by atoms with Crippen LogP contribution in [0.4, 0.5) is 15.3 Å². The number of benzene rings is 1. The second-order valence-electron chi connectivity index (χ2n) is 5.54. The summed E-state index contributed by atoms with van der Waals surface area (Å²) < 4.78 is 35.0. The predicted octanol–water partition coefficient (Wildman–Crippen LogP) is 1.00. The molecule has 6 nitrogen and oxygen atoms in total. The Bertz CT molecular complexity index is 762. The van der Waals surface area contributed by atoms with Crippen LogP contribution in [0, 0.1) is 0 Å². The quantitative estimate of drug-likeness (QED) is 0.760. The van der Waals surface area contributed by atoms with Crippen LogP contribution in [0.25, 0.3) is 0 Å². The average molecular weight is 326 g/mol. The highest BCUT2D eigenvalue weighted by molar-refractivity contribution is 7.87. The first-order valence-corrected chi connectivity index (χ1v) is 8.37. The third-order valence-corrected chi connectivity index (χ3v) is 5.25. The number of hydrogen-bond donors (Lipinski definition) is 0. The molecular weight excluding hydrogens is 311 g/mol. The zero-order chi connectivity index (χ0) is 16.1. The van der Waals surface area contributed by atoms with Crippen molar-refractivity contribution in [2.24, 2.45) is 0 Å². The van der Waals surface area contributed by atoms with E-state index in [9.17, 15) is 21.9 Å². The molecule has 2 amide bonds. The lowest BCUT2D eigenvalue weighted by molar-refractivity contribution is -0.117. The van der Waals surface area contributed by atoms with Gasteiger partial charge >= 0.3 is 10.2 Å². The highest BCUT2D eigenvalue weighted by Crippen LogP contribution is 2.34. The van der Waals surface area contributed by atoms with Gasteiger partial charge in [0.1, 0.15) is 5.25 Å². The first kappa shape index (κ1) is 15.0. The molecule has 1 unspecified atom stereocenters. The average Bonchev–Trinajstić information content (AvgIpc) is 3.00. The first-order valence-electron chi connectivity index (χ1n) is 6.92. The molecule has 0 N–H and O–H groups in total. The summed E-state index contributed by atoms with van der Waals surface area (Å²) in [6, 6.07) is 5.16. The molecule has 118 valence electrons. The molecule has 1 fully saturated rings. The van der Waals surface area contributed by atoms with Gasteiger partial charge in [0.25, 0.3) is 0 Å². The van der Waals surface area contributed by atoms with Gasteiger partial charge in [-0.15, -0.1) is 3.89 Å². The summed E-state index contributed by atoms with van der Waals surface area (Å²) in [6.45, 7) is 1.90. The van der Waals surface area contributed by atoms with Crippen LogP contribution in [0.1, 0.15) is 18.9 Å². The van der Waals surface area contributed by atoms with Crippen molar-refractivity contribution >= 4 is 33.4 Å². The normalized spacial score (nSPS) is 21.4. The SMILES string of the molecule is CC(=O)N1CCc2cc(N3CC(S(=O)(=O)F)CC3=O)ccc21. The molecule has 0 radical (unpaired) electrons. The zero-order valence-corrected chi connectivity index (χ0v) is 12.8. The van der Waals surface area contributed by atoms with Crippen molar-refractivity contribution in [2.75, 3.05) is 22.9 Å². The molecule has 22 heavy (non-hydrogen) atoms. The molecule has 0 bridgehead atoms. The summed E-state index contributed by atoms with van der Waals surface area (Å²) in [4.78, 5) is 26.4. The van der Waals surface area contributed by atoms with Gasteiger partial charge < -0.3 is 9.80 Å². The minimum absolute atomic E-state index is 0.0488. The van der Waals surface area contributed by atoms with Crippen LogP contribution < -0.4 is 9.80 Å². The maximum atomic E-state index is 13.1. The third kappa shape index (κ3) is 2.47. The van der Waals surface area contributed by atoms with E-state index in [1.54, 1.807) is 23.1 Å². The zero-order valence-electron chi connectivity index (χ0n) is 12.0. The van der Waals surface area contributed by atoms with Crippen molar-refractivity contribution in [2.45, 2.75) is 25.0 Å². The summed E-state index contributed by atoms with van der Waals surface area (Å²) >= 11 is 0. The largest absolute Gasteiger partial charge is 0.312 e. The fourth-order valence-electron chi connectivity index (χ4n) is 3.00. The Morgan fingerprint density at radius 1 is 1.36 bits per heavy atom. The van der Waals surface area contributed by atoms with Crippen molar-refractivity contribution in [3.05, 3.63) is 23.8 Å². The Balaban J connectivity index is 1.89. The Hall–Kier alpha value is -1.96. The number of carbonyl (C=O) groups excluding carboxylic acids is 2. The van der Waals surface area contributed by atoms with Crippen LogP contribution in [0.2, 0.25) is 0 Å². The van der Waals surface area contributed by atoms with Crippen molar-refractivity contribution in [1.82, 2.24) is 0 Å². The Labute approximate surface area is 127 Å². The van der Waals surface area contributed by atoms with Gasteiger partial charge in [-0.25, -0.2) is 0 Å². The standard InChI is InChI=1S/C14H15FN2O4S/c1-9(18)16-5-4-10-6-11(2-3-13(10)16)17-8-12(7-14(17)19)22(15,20)21/h2-3,6,12H,4-5,7-8H2,1H3. The van der Waals surface area contributed by atoms with Crippen molar-refractivity contribution in [3.8, 4) is 0 Å². The number of halogens is 1. The van der Waals surface area contributed by atoms with E-state index in [0.29, 0.717) is 18.7 Å². The number of carbonyl (C=O) groups is 2. The lowest BCUT2D eigenvalue weighted by Crippen LogP contribution is -2.27. The van der Waals surface area contributed by atoms with Gasteiger partial charge in [0, 0.05) is 37.8 Å². The topological polar surface area (TPSA) is 74.8 Å². The van der Waals surface area contributed by atoms with E-state index in [0.717, 1.165) is 11.3 Å². The van der Waals surface area contributed by atoms with Crippen molar-refractivity contribution < 1.29 is 21.9 Å². The van der Waals surface area contributed by atoms with Crippen molar-refractivity contribution in [1.29, 1.82) is 0 Å². The molecule has 0 spiro atoms. The minimum atomic E-state index is -4.72. The number of anilines is 2. The highest BCUT2D eigenvalue weighted by atomic mass is 32.3. The number of hydrogen-bond acceptors (Lipinski definition) is 4. The minimum Gasteiger partial charge on any atom is -0.312 e. The van der Waals surface area contributed by atoms with Crippen LogP contribution in [0.3, 0.4) is 0 Å². The summed E-state index contributed by atoms with van der Waals surface area (Å²) in [5, 5.41) is -1.30. The van der Waals surface area contributed by atoms with Gasteiger partial charge in [-0.3, -0.25) is 9.59 Å². The van der Waals surface area contributed by atoms with E-state index in [-0.39, 0.29) is 18.9 Å². The van der Waals surface area contributed by atoms with Gasteiger partial charge in [0.2, 0.25) is 11.8 Å². The Morgan fingerprint density at radius 2 is 2.09 bits per heavy atom. The van der Waals surface area contributed by atoms with E-state index < -0.39 is 21.4 Å². The lowest BCUT2D eigenvalue weighted by Gasteiger charge is -2.19. The molecular formula is C14H15FN2O4S. The third-order valence-electron chi connectivity index (χ3n) is 4.14. The molecule has 1 aromatic rings. The lowest BCUT2D eigenvalue weighted by atomic mass is 10.1. The van der Waals surface area contributed by atoms with Gasteiger partial charge in [0.05, 0.1) is 0 Å². The summed E-state index contributed by atoms with van der Waals surface area (Å²) in [5.41, 5.74) is 2.27. The van der Waals surface area contributed by atoms with Crippen molar-refractivity contribution in [3.63, 3.8) is 0 Å². The second kappa shape index (κ2) is 5.05. The smallest absolute Gasteiger partial charge is 0.307 e. The number of amides is 2. The molecule has 2 aliphatic heterocycles. The van der Waals surface area contributed by atoms with E-state index >= 15 is 0 Å². The first-order chi connectivity index (χ1) is 10.3. The summed E-state index contributed by atoms with van der Waals surface area (Å²) in [5.74, 6) is -0.458. The molecule has 1 atom stereocenters. The summed E-state index contributed by atoms with van der Waals surface area (Å²) in [6.07, 6.45) is 0.338. The highest BCUT2D eigenvalue weighted by Gasteiger charge is 2.39. The van der Waals surface area contributed by atoms with Crippen LogP contribution in [0.15, 0.2) is 18.2 Å². The fraction of sp³-hybridized carbons (Fsp3) is 0.429. The van der Waals surface area contributed by atoms with Crippen LogP contribution >= 0.6 is 0 Å². The molecule has 1 saturated heterocycles. The number of fused-ring (bicyclic) bond motifs is 1. The maximum absolute atomic E-state index is 13.1.